The fourth-order valence-corrected chi connectivity index (χ4v) is 3.24. The number of halogens is 1. The smallest absolute Gasteiger partial charge is 0.123 e. The first-order chi connectivity index (χ1) is 11.2. The summed E-state index contributed by atoms with van der Waals surface area (Å²) in [4.78, 5) is 6.45. The fraction of sp³-hybridized carbons (Fsp3) is 0.500. The Morgan fingerprint density at radius 2 is 1.78 bits per heavy atom. The van der Waals surface area contributed by atoms with Crippen LogP contribution in [-0.4, -0.2) is 39.2 Å². The Balaban J connectivity index is 1.42. The zero-order valence-corrected chi connectivity index (χ0v) is 13.4. The summed E-state index contributed by atoms with van der Waals surface area (Å²) in [6.45, 7) is 3.85. The fourth-order valence-electron chi connectivity index (χ4n) is 3.24. The number of likely N-dealkylation sites (tertiary alicyclic amines) is 1. The molecule has 0 unspecified atom stereocenters. The molecule has 1 aromatic carbocycles. The SMILES string of the molecule is OC1(c2ccc(F)cc2)CCN(CCCCn2ccnc2)CC1. The van der Waals surface area contributed by atoms with Crippen LogP contribution in [0.5, 0.6) is 0 Å². The van der Waals surface area contributed by atoms with Crippen LogP contribution in [-0.2, 0) is 12.1 Å². The van der Waals surface area contributed by atoms with Crippen LogP contribution in [0.1, 0.15) is 31.2 Å². The number of imidazole rings is 1. The highest BCUT2D eigenvalue weighted by Crippen LogP contribution is 2.32. The van der Waals surface area contributed by atoms with Crippen molar-refractivity contribution in [2.75, 3.05) is 19.6 Å². The lowest BCUT2D eigenvalue weighted by Gasteiger charge is -2.38. The van der Waals surface area contributed by atoms with E-state index in [1.807, 2.05) is 12.5 Å². The van der Waals surface area contributed by atoms with Crippen molar-refractivity contribution in [3.05, 3.63) is 54.4 Å². The summed E-state index contributed by atoms with van der Waals surface area (Å²) in [5.41, 5.74) is 0.0275. The van der Waals surface area contributed by atoms with Crippen molar-refractivity contribution in [2.24, 2.45) is 0 Å². The summed E-state index contributed by atoms with van der Waals surface area (Å²) >= 11 is 0. The molecule has 0 atom stereocenters. The molecule has 0 bridgehead atoms. The number of piperidine rings is 1. The zero-order chi connectivity index (χ0) is 16.1. The van der Waals surface area contributed by atoms with Gasteiger partial charge in [0.1, 0.15) is 5.82 Å². The van der Waals surface area contributed by atoms with Gasteiger partial charge in [-0.3, -0.25) is 0 Å². The molecule has 2 heterocycles. The van der Waals surface area contributed by atoms with Crippen molar-refractivity contribution in [2.45, 2.75) is 37.8 Å². The van der Waals surface area contributed by atoms with E-state index in [1.54, 1.807) is 18.3 Å². The summed E-state index contributed by atoms with van der Waals surface area (Å²) in [7, 11) is 0. The van der Waals surface area contributed by atoms with Gasteiger partial charge in [-0.1, -0.05) is 12.1 Å². The van der Waals surface area contributed by atoms with Gasteiger partial charge < -0.3 is 14.6 Å². The molecule has 1 N–H and O–H groups in total. The standard InChI is InChI=1S/C18H24FN3O/c19-17-5-3-16(4-6-17)18(23)7-12-21(13-8-18)10-1-2-11-22-14-9-20-15-22/h3-6,9,14-15,23H,1-2,7-8,10-13H2. The Bertz CT molecular complexity index is 589. The summed E-state index contributed by atoms with van der Waals surface area (Å²) in [6.07, 6.45) is 9.34. The van der Waals surface area contributed by atoms with Gasteiger partial charge in [0.25, 0.3) is 0 Å². The molecule has 1 saturated heterocycles. The quantitative estimate of drug-likeness (QED) is 0.833. The lowest BCUT2D eigenvalue weighted by molar-refractivity contribution is -0.0261. The van der Waals surface area contributed by atoms with Crippen LogP contribution in [0.15, 0.2) is 43.0 Å². The normalized spacial score (nSPS) is 18.2. The van der Waals surface area contributed by atoms with E-state index in [9.17, 15) is 9.50 Å². The van der Waals surface area contributed by atoms with E-state index in [2.05, 4.69) is 14.5 Å². The van der Waals surface area contributed by atoms with E-state index in [0.717, 1.165) is 44.6 Å². The second kappa shape index (κ2) is 7.23. The number of nitrogens with zero attached hydrogens (tertiary/aromatic N) is 3. The van der Waals surface area contributed by atoms with E-state index < -0.39 is 5.60 Å². The molecule has 1 aliphatic heterocycles. The van der Waals surface area contributed by atoms with Crippen molar-refractivity contribution in [1.29, 1.82) is 0 Å². The lowest BCUT2D eigenvalue weighted by atomic mass is 9.84. The highest BCUT2D eigenvalue weighted by atomic mass is 19.1. The van der Waals surface area contributed by atoms with Gasteiger partial charge in [-0.25, -0.2) is 9.37 Å². The number of aryl methyl sites for hydroxylation is 1. The Morgan fingerprint density at radius 3 is 2.43 bits per heavy atom. The monoisotopic (exact) mass is 317 g/mol. The van der Waals surface area contributed by atoms with Crippen molar-refractivity contribution >= 4 is 0 Å². The minimum atomic E-state index is -0.805. The third-order valence-electron chi connectivity index (χ3n) is 4.76. The molecule has 1 fully saturated rings. The minimum absolute atomic E-state index is 0.257. The maximum atomic E-state index is 13.0. The maximum Gasteiger partial charge on any atom is 0.123 e. The van der Waals surface area contributed by atoms with Gasteiger partial charge in [-0.15, -0.1) is 0 Å². The van der Waals surface area contributed by atoms with Gasteiger partial charge in [0.05, 0.1) is 11.9 Å². The van der Waals surface area contributed by atoms with Gasteiger partial charge in [-0.05, 0) is 49.9 Å². The third kappa shape index (κ3) is 4.18. The number of hydrogen-bond acceptors (Lipinski definition) is 3. The molecule has 5 heteroatoms. The van der Waals surface area contributed by atoms with Crippen molar-refractivity contribution in [1.82, 2.24) is 14.5 Å². The Hall–Kier alpha value is -1.72. The van der Waals surface area contributed by atoms with Gasteiger partial charge in [0.15, 0.2) is 0 Å². The average molecular weight is 317 g/mol. The highest BCUT2D eigenvalue weighted by Gasteiger charge is 2.33. The van der Waals surface area contributed by atoms with Gasteiger partial charge in [0, 0.05) is 32.0 Å². The van der Waals surface area contributed by atoms with Crippen LogP contribution in [0.4, 0.5) is 4.39 Å². The molecule has 23 heavy (non-hydrogen) atoms. The summed E-state index contributed by atoms with van der Waals surface area (Å²) in [5, 5.41) is 10.8. The van der Waals surface area contributed by atoms with E-state index in [0.29, 0.717) is 12.8 Å². The average Bonchev–Trinajstić information content (AvgIpc) is 3.07. The highest BCUT2D eigenvalue weighted by molar-refractivity contribution is 5.23. The predicted molar refractivity (Wildman–Crippen MR) is 87.4 cm³/mol. The first-order valence-corrected chi connectivity index (χ1v) is 8.32. The first kappa shape index (κ1) is 16.1. The summed E-state index contributed by atoms with van der Waals surface area (Å²) < 4.78 is 15.1. The zero-order valence-electron chi connectivity index (χ0n) is 13.4. The Kier molecular flexibility index (Phi) is 5.08. The van der Waals surface area contributed by atoms with Gasteiger partial charge in [-0.2, -0.15) is 0 Å². The first-order valence-electron chi connectivity index (χ1n) is 8.32. The van der Waals surface area contributed by atoms with Crippen LogP contribution < -0.4 is 0 Å². The molecule has 124 valence electrons. The Labute approximate surface area is 136 Å². The maximum absolute atomic E-state index is 13.0. The molecule has 2 aromatic rings. The molecule has 1 aromatic heterocycles. The number of aliphatic hydroxyl groups is 1. The topological polar surface area (TPSA) is 41.3 Å². The van der Waals surface area contributed by atoms with Crippen LogP contribution in [0, 0.1) is 5.82 Å². The van der Waals surface area contributed by atoms with E-state index in [-0.39, 0.29) is 5.82 Å². The summed E-state index contributed by atoms with van der Waals surface area (Å²) in [6, 6.07) is 6.26. The second-order valence-corrected chi connectivity index (χ2v) is 6.39. The minimum Gasteiger partial charge on any atom is -0.385 e. The number of rotatable bonds is 6. The van der Waals surface area contributed by atoms with Crippen LogP contribution in [0.25, 0.3) is 0 Å². The van der Waals surface area contributed by atoms with E-state index in [1.165, 1.54) is 12.1 Å². The number of aromatic nitrogens is 2. The van der Waals surface area contributed by atoms with Gasteiger partial charge in [0.2, 0.25) is 0 Å². The Morgan fingerprint density at radius 1 is 1.09 bits per heavy atom. The molecular formula is C18H24FN3O. The lowest BCUT2D eigenvalue weighted by Crippen LogP contribution is -2.42. The molecular weight excluding hydrogens is 293 g/mol. The molecule has 1 aliphatic rings. The van der Waals surface area contributed by atoms with E-state index in [4.69, 9.17) is 0 Å². The molecule has 0 aliphatic carbocycles. The molecule has 3 rings (SSSR count). The third-order valence-corrected chi connectivity index (χ3v) is 4.76. The van der Waals surface area contributed by atoms with Crippen LogP contribution in [0.2, 0.25) is 0 Å². The molecule has 0 radical (unpaired) electrons. The summed E-state index contributed by atoms with van der Waals surface area (Å²) in [5.74, 6) is -0.257. The van der Waals surface area contributed by atoms with Crippen molar-refractivity contribution < 1.29 is 9.50 Å². The molecule has 4 nitrogen and oxygen atoms in total. The van der Waals surface area contributed by atoms with Crippen molar-refractivity contribution in [3.8, 4) is 0 Å². The number of unbranched alkanes of at least 4 members (excludes halogenated alkanes) is 1. The van der Waals surface area contributed by atoms with Crippen molar-refractivity contribution in [3.63, 3.8) is 0 Å². The van der Waals surface area contributed by atoms with Gasteiger partial charge >= 0.3 is 0 Å². The molecule has 0 spiro atoms. The second-order valence-electron chi connectivity index (χ2n) is 6.39. The largest absolute Gasteiger partial charge is 0.385 e. The van der Waals surface area contributed by atoms with Crippen LogP contribution in [0.3, 0.4) is 0 Å². The number of hydrogen-bond donors (Lipinski definition) is 1. The number of benzene rings is 1. The van der Waals surface area contributed by atoms with E-state index >= 15 is 0 Å². The molecule has 0 saturated carbocycles. The predicted octanol–water partition coefficient (Wildman–Crippen LogP) is 2.79. The van der Waals surface area contributed by atoms with Crippen LogP contribution >= 0.6 is 0 Å². The molecule has 0 amide bonds.